The Kier molecular flexibility index (Phi) is 7.05. The Morgan fingerprint density at radius 2 is 1.71 bits per heavy atom. The van der Waals surface area contributed by atoms with Crippen LogP contribution in [-0.2, 0) is 4.79 Å². The number of nitrogens with one attached hydrogen (secondary N) is 1. The van der Waals surface area contributed by atoms with Gasteiger partial charge < -0.3 is 10.2 Å². The third-order valence-corrected chi connectivity index (χ3v) is 6.67. The van der Waals surface area contributed by atoms with Crippen LogP contribution in [0.5, 0.6) is 0 Å². The maximum absolute atomic E-state index is 12.6. The van der Waals surface area contributed by atoms with Crippen molar-refractivity contribution in [1.82, 2.24) is 14.8 Å². The number of rotatable bonds is 6. The molecule has 0 spiro atoms. The van der Waals surface area contributed by atoms with Gasteiger partial charge in [0, 0.05) is 13.1 Å². The number of hydrogen-bond acceptors (Lipinski definition) is 5. The fourth-order valence-corrected chi connectivity index (χ4v) is 4.74. The van der Waals surface area contributed by atoms with Gasteiger partial charge in [-0.05, 0) is 50.5 Å². The quantitative estimate of drug-likeness (QED) is 0.469. The molecule has 9 heteroatoms. The van der Waals surface area contributed by atoms with Crippen LogP contribution in [-0.4, -0.2) is 39.5 Å². The highest BCUT2D eigenvalue weighted by atomic mass is 35.5. The largest absolute Gasteiger partial charge is 0.341 e. The van der Waals surface area contributed by atoms with Gasteiger partial charge in [0.25, 0.3) is 0 Å². The van der Waals surface area contributed by atoms with E-state index in [1.54, 1.807) is 18.2 Å². The molecule has 0 aliphatic carbocycles. The zero-order chi connectivity index (χ0) is 21.8. The second-order valence-electron chi connectivity index (χ2n) is 7.43. The van der Waals surface area contributed by atoms with Gasteiger partial charge in [-0.1, -0.05) is 58.7 Å². The first-order valence-electron chi connectivity index (χ1n) is 10.2. The Hall–Kier alpha value is -2.22. The number of benzene rings is 2. The first-order chi connectivity index (χ1) is 15.0. The predicted octanol–water partition coefficient (Wildman–Crippen LogP) is 5.60. The third kappa shape index (κ3) is 5.17. The molecule has 1 aromatic heterocycles. The minimum Gasteiger partial charge on any atom is -0.341 e. The highest BCUT2D eigenvalue weighted by molar-refractivity contribution is 7.99. The minimum absolute atomic E-state index is 0.158. The molecule has 2 aromatic carbocycles. The number of carbonyl (C=O) groups is 1. The second kappa shape index (κ2) is 9.94. The molecule has 1 saturated heterocycles. The van der Waals surface area contributed by atoms with Crippen LogP contribution in [0.15, 0.2) is 47.6 Å². The summed E-state index contributed by atoms with van der Waals surface area (Å²) in [4.78, 5) is 14.8. The average Bonchev–Trinajstić information content (AvgIpc) is 3.20. The number of halogens is 2. The van der Waals surface area contributed by atoms with Crippen LogP contribution in [0.3, 0.4) is 0 Å². The first-order valence-corrected chi connectivity index (χ1v) is 11.9. The molecule has 2 heterocycles. The van der Waals surface area contributed by atoms with Gasteiger partial charge in [-0.15, -0.1) is 10.2 Å². The topological polar surface area (TPSA) is 63.1 Å². The number of nitrogens with zero attached hydrogens (tertiary/aromatic N) is 4. The summed E-state index contributed by atoms with van der Waals surface area (Å²) in [5.41, 5.74) is 2.58. The van der Waals surface area contributed by atoms with Crippen LogP contribution < -0.4 is 10.2 Å². The lowest BCUT2D eigenvalue weighted by atomic mass is 10.1. The van der Waals surface area contributed by atoms with Gasteiger partial charge in [0.1, 0.15) is 0 Å². The number of aryl methyl sites for hydroxylation is 1. The monoisotopic (exact) mass is 475 g/mol. The Bertz CT molecular complexity index is 1040. The van der Waals surface area contributed by atoms with Crippen molar-refractivity contribution in [2.24, 2.45) is 0 Å². The standard InChI is InChI=1S/C22H23Cl2N5OS/c1-15-8-10-16(11-9-15)29-21(28-12-3-2-4-13-28)26-27-22(29)31-14-19(30)25-20-17(23)6-5-7-18(20)24/h5-11H,2-4,12-14H2,1H3,(H,25,30). The van der Waals surface area contributed by atoms with Crippen molar-refractivity contribution in [2.75, 3.05) is 29.1 Å². The predicted molar refractivity (Wildman–Crippen MR) is 128 cm³/mol. The van der Waals surface area contributed by atoms with Crippen molar-refractivity contribution >= 4 is 52.5 Å². The van der Waals surface area contributed by atoms with E-state index in [1.807, 2.05) is 4.57 Å². The molecule has 4 rings (SSSR count). The van der Waals surface area contributed by atoms with Gasteiger partial charge in [-0.2, -0.15) is 0 Å². The van der Waals surface area contributed by atoms with E-state index >= 15 is 0 Å². The SMILES string of the molecule is Cc1ccc(-n2c(SCC(=O)Nc3c(Cl)cccc3Cl)nnc2N2CCCCC2)cc1. The van der Waals surface area contributed by atoms with E-state index in [4.69, 9.17) is 23.2 Å². The summed E-state index contributed by atoms with van der Waals surface area (Å²) in [6, 6.07) is 13.4. The summed E-state index contributed by atoms with van der Waals surface area (Å²) in [6.45, 7) is 3.97. The summed E-state index contributed by atoms with van der Waals surface area (Å²) in [6.07, 6.45) is 3.52. The zero-order valence-corrected chi connectivity index (χ0v) is 19.5. The Labute approximate surface area is 195 Å². The van der Waals surface area contributed by atoms with E-state index in [9.17, 15) is 4.79 Å². The maximum Gasteiger partial charge on any atom is 0.234 e. The fraction of sp³-hybridized carbons (Fsp3) is 0.318. The van der Waals surface area contributed by atoms with E-state index < -0.39 is 0 Å². The molecule has 1 N–H and O–H groups in total. The summed E-state index contributed by atoms with van der Waals surface area (Å²) in [7, 11) is 0. The molecule has 0 unspecified atom stereocenters. The number of amides is 1. The van der Waals surface area contributed by atoms with E-state index in [2.05, 4.69) is 51.6 Å². The van der Waals surface area contributed by atoms with Gasteiger partial charge in [0.15, 0.2) is 5.16 Å². The molecule has 0 saturated carbocycles. The van der Waals surface area contributed by atoms with Crippen LogP contribution in [0.2, 0.25) is 10.0 Å². The number of anilines is 2. The van der Waals surface area contributed by atoms with Crippen molar-refractivity contribution in [3.63, 3.8) is 0 Å². The lowest BCUT2D eigenvalue weighted by molar-refractivity contribution is -0.113. The third-order valence-electron chi connectivity index (χ3n) is 5.11. The van der Waals surface area contributed by atoms with E-state index in [0.717, 1.165) is 37.6 Å². The van der Waals surface area contributed by atoms with E-state index in [1.165, 1.54) is 23.7 Å². The van der Waals surface area contributed by atoms with Gasteiger partial charge in [0.2, 0.25) is 11.9 Å². The first kappa shape index (κ1) is 22.0. The molecule has 1 aliphatic heterocycles. The minimum atomic E-state index is -0.210. The fourth-order valence-electron chi connectivity index (χ4n) is 3.50. The van der Waals surface area contributed by atoms with Crippen LogP contribution in [0, 0.1) is 6.92 Å². The smallest absolute Gasteiger partial charge is 0.234 e. The number of carbonyl (C=O) groups excluding carboxylic acids is 1. The van der Waals surface area contributed by atoms with Gasteiger partial charge in [-0.25, -0.2) is 0 Å². The van der Waals surface area contributed by atoms with Crippen LogP contribution in [0.1, 0.15) is 24.8 Å². The van der Waals surface area contributed by atoms with Gasteiger partial charge in [0.05, 0.1) is 27.2 Å². The van der Waals surface area contributed by atoms with Crippen molar-refractivity contribution in [3.05, 3.63) is 58.1 Å². The number of piperidine rings is 1. The molecule has 3 aromatic rings. The van der Waals surface area contributed by atoms with Gasteiger partial charge >= 0.3 is 0 Å². The second-order valence-corrected chi connectivity index (χ2v) is 9.19. The van der Waals surface area contributed by atoms with Crippen molar-refractivity contribution in [1.29, 1.82) is 0 Å². The molecule has 31 heavy (non-hydrogen) atoms. The Morgan fingerprint density at radius 1 is 1.03 bits per heavy atom. The summed E-state index contributed by atoms with van der Waals surface area (Å²) in [5, 5.41) is 13.2. The molecule has 1 aliphatic rings. The Morgan fingerprint density at radius 3 is 2.39 bits per heavy atom. The molecule has 1 fully saturated rings. The molecule has 0 bridgehead atoms. The van der Waals surface area contributed by atoms with Crippen molar-refractivity contribution in [2.45, 2.75) is 31.3 Å². The summed E-state index contributed by atoms with van der Waals surface area (Å²) in [5.74, 6) is 0.768. The van der Waals surface area contributed by atoms with E-state index in [-0.39, 0.29) is 11.7 Å². The summed E-state index contributed by atoms with van der Waals surface area (Å²) >= 11 is 13.7. The van der Waals surface area contributed by atoms with Gasteiger partial charge in [-0.3, -0.25) is 9.36 Å². The van der Waals surface area contributed by atoms with Crippen molar-refractivity contribution in [3.8, 4) is 5.69 Å². The zero-order valence-electron chi connectivity index (χ0n) is 17.1. The molecule has 1 amide bonds. The summed E-state index contributed by atoms with van der Waals surface area (Å²) < 4.78 is 2.03. The molecular formula is C22H23Cl2N5OS. The van der Waals surface area contributed by atoms with Crippen LogP contribution in [0.25, 0.3) is 5.69 Å². The lowest BCUT2D eigenvalue weighted by Crippen LogP contribution is -2.31. The van der Waals surface area contributed by atoms with Crippen LogP contribution >= 0.6 is 35.0 Å². The normalized spacial score (nSPS) is 14.0. The Balaban J connectivity index is 1.55. The number of thioether (sulfide) groups is 1. The average molecular weight is 476 g/mol. The number of hydrogen-bond donors (Lipinski definition) is 1. The number of para-hydroxylation sites is 1. The highest BCUT2D eigenvalue weighted by Gasteiger charge is 2.22. The van der Waals surface area contributed by atoms with E-state index in [0.29, 0.717) is 20.9 Å². The lowest BCUT2D eigenvalue weighted by Gasteiger charge is -2.27. The van der Waals surface area contributed by atoms with Crippen LogP contribution in [0.4, 0.5) is 11.6 Å². The molecule has 0 atom stereocenters. The molecular weight excluding hydrogens is 453 g/mol. The highest BCUT2D eigenvalue weighted by Crippen LogP contribution is 2.31. The molecule has 0 radical (unpaired) electrons. The molecule has 6 nitrogen and oxygen atoms in total. The number of aromatic nitrogens is 3. The molecule has 162 valence electrons. The van der Waals surface area contributed by atoms with Crippen molar-refractivity contribution < 1.29 is 4.79 Å². The maximum atomic E-state index is 12.6.